The second-order valence-corrected chi connectivity index (χ2v) is 4.29. The summed E-state index contributed by atoms with van der Waals surface area (Å²) in [6.45, 7) is 0. The van der Waals surface area contributed by atoms with E-state index >= 15 is 0 Å². The minimum atomic E-state index is -1.50. The number of fused-ring (bicyclic) bond motifs is 1. The van der Waals surface area contributed by atoms with Gasteiger partial charge >= 0.3 is 18.2 Å². The smallest absolute Gasteiger partial charge is 0.387 e. The van der Waals surface area contributed by atoms with Gasteiger partial charge in [0.25, 0.3) is 0 Å². The predicted octanol–water partition coefficient (Wildman–Crippen LogP) is 1.98. The van der Waals surface area contributed by atoms with E-state index in [1.807, 2.05) is 0 Å². The third-order valence-corrected chi connectivity index (χ3v) is 3.07. The van der Waals surface area contributed by atoms with Gasteiger partial charge in [0.1, 0.15) is 0 Å². The molecule has 2 N–H and O–H groups in total. The summed E-state index contributed by atoms with van der Waals surface area (Å²) in [6.07, 6.45) is -1.50. The summed E-state index contributed by atoms with van der Waals surface area (Å²) in [6, 6.07) is 1.20. The molecule has 0 saturated carbocycles. The monoisotopic (exact) mass is 322 g/mol. The van der Waals surface area contributed by atoms with Gasteiger partial charge < -0.3 is 19.7 Å². The Morgan fingerprint density at radius 2 is 2.00 bits per heavy atom. The Morgan fingerprint density at radius 3 is 2.53 bits per heavy atom. The molecule has 1 aromatic carbocycles. The van der Waals surface area contributed by atoms with E-state index in [1.165, 1.54) is 6.07 Å². The van der Waals surface area contributed by atoms with Crippen LogP contribution in [0, 0.1) is 0 Å². The van der Waals surface area contributed by atoms with Crippen LogP contribution in [0.25, 0.3) is 0 Å². The van der Waals surface area contributed by atoms with E-state index in [0.29, 0.717) is 0 Å². The Balaban J connectivity index is 2.53. The zero-order chi connectivity index (χ0) is 12.7. The van der Waals surface area contributed by atoms with Gasteiger partial charge in [0.2, 0.25) is 0 Å². The molecule has 6 nitrogen and oxygen atoms in total. The fraction of sp³-hybridized carbons (Fsp3) is 0.111. The highest BCUT2D eigenvalue weighted by molar-refractivity contribution is 9.10. The first kappa shape index (κ1) is 12.0. The molecule has 0 radical (unpaired) electrons. The van der Waals surface area contributed by atoms with Crippen molar-refractivity contribution < 1.29 is 29.3 Å². The van der Waals surface area contributed by atoms with Crippen molar-refractivity contribution in [2.75, 3.05) is 0 Å². The molecule has 17 heavy (non-hydrogen) atoms. The molecule has 1 aliphatic heterocycles. The van der Waals surface area contributed by atoms with E-state index in [4.69, 9.17) is 31.3 Å². The van der Waals surface area contributed by atoms with Crippen LogP contribution in [0.15, 0.2) is 10.5 Å². The summed E-state index contributed by atoms with van der Waals surface area (Å²) >= 11 is 8.74. The van der Waals surface area contributed by atoms with Crippen molar-refractivity contribution >= 4 is 39.5 Å². The molecule has 0 spiro atoms. The van der Waals surface area contributed by atoms with Gasteiger partial charge in [-0.25, -0.2) is 9.59 Å². The third-order valence-electron chi connectivity index (χ3n) is 2.01. The number of ether oxygens (including phenoxy) is 2. The van der Waals surface area contributed by atoms with Crippen LogP contribution in [0.2, 0.25) is 5.02 Å². The molecule has 1 aromatic rings. The summed E-state index contributed by atoms with van der Waals surface area (Å²) in [4.78, 5) is 21.6. The van der Waals surface area contributed by atoms with Gasteiger partial charge in [-0.1, -0.05) is 11.6 Å². The number of aromatic carboxylic acids is 1. The number of hydrogen-bond acceptors (Lipinski definition) is 4. The zero-order valence-electron chi connectivity index (χ0n) is 7.94. The summed E-state index contributed by atoms with van der Waals surface area (Å²) in [5.41, 5.74) is -0.208. The van der Waals surface area contributed by atoms with Crippen LogP contribution in [0.4, 0.5) is 0 Å². The van der Waals surface area contributed by atoms with Crippen LogP contribution in [-0.2, 0) is 4.79 Å². The molecule has 0 fully saturated rings. The quantitative estimate of drug-likeness (QED) is 0.864. The lowest BCUT2D eigenvalue weighted by atomic mass is 10.2. The number of carboxylic acid groups (broad SMARTS) is 2. The SMILES string of the molecule is O=C(O)c1c(Cl)cc2c(c1Br)OC(C(=O)O)O2. The molecule has 1 heterocycles. The maximum Gasteiger partial charge on any atom is 0.387 e. The summed E-state index contributed by atoms with van der Waals surface area (Å²) in [5.74, 6) is -2.48. The number of benzene rings is 1. The molecule has 1 unspecified atom stereocenters. The van der Waals surface area contributed by atoms with E-state index in [-0.39, 0.29) is 26.6 Å². The average molecular weight is 323 g/mol. The number of carboxylic acids is 2. The van der Waals surface area contributed by atoms with Gasteiger partial charge in [0.05, 0.1) is 15.1 Å². The van der Waals surface area contributed by atoms with Crippen molar-refractivity contribution in [1.29, 1.82) is 0 Å². The van der Waals surface area contributed by atoms with Gasteiger partial charge in [-0.05, 0) is 15.9 Å². The van der Waals surface area contributed by atoms with Crippen molar-refractivity contribution in [1.82, 2.24) is 0 Å². The molecule has 1 aliphatic rings. The molecule has 2 rings (SSSR count). The Bertz CT molecular complexity index is 529. The number of halogens is 2. The van der Waals surface area contributed by atoms with Gasteiger partial charge in [-0.15, -0.1) is 0 Å². The van der Waals surface area contributed by atoms with Crippen molar-refractivity contribution in [3.05, 3.63) is 21.1 Å². The average Bonchev–Trinajstić information content (AvgIpc) is 2.60. The highest BCUT2D eigenvalue weighted by Gasteiger charge is 2.35. The van der Waals surface area contributed by atoms with Crippen LogP contribution >= 0.6 is 27.5 Å². The maximum absolute atomic E-state index is 10.9. The molecular formula is C9H4BrClO6. The highest BCUT2D eigenvalue weighted by atomic mass is 79.9. The van der Waals surface area contributed by atoms with Crippen LogP contribution < -0.4 is 9.47 Å². The van der Waals surface area contributed by atoms with Crippen molar-refractivity contribution in [3.63, 3.8) is 0 Å². The topological polar surface area (TPSA) is 93.1 Å². The number of aliphatic carboxylic acids is 1. The molecule has 0 aliphatic carbocycles. The van der Waals surface area contributed by atoms with E-state index < -0.39 is 18.2 Å². The molecule has 90 valence electrons. The van der Waals surface area contributed by atoms with Crippen molar-refractivity contribution in [2.24, 2.45) is 0 Å². The number of rotatable bonds is 2. The second-order valence-electron chi connectivity index (χ2n) is 3.09. The predicted molar refractivity (Wildman–Crippen MR) is 58.8 cm³/mol. The summed E-state index contributed by atoms with van der Waals surface area (Å²) in [7, 11) is 0. The standard InChI is InChI=1S/C9H4BrClO6/c10-5-4(7(12)13)2(11)1-3-6(5)17-9(16-3)8(14)15/h1,9H,(H,12,13)(H,14,15). The molecule has 0 saturated heterocycles. The Labute approximate surface area is 108 Å². The lowest BCUT2D eigenvalue weighted by Gasteiger charge is -2.05. The Hall–Kier alpha value is -1.47. The first-order valence-electron chi connectivity index (χ1n) is 4.23. The minimum absolute atomic E-state index is 0.0131. The minimum Gasteiger partial charge on any atom is -0.478 e. The first-order valence-corrected chi connectivity index (χ1v) is 5.40. The normalized spacial score (nSPS) is 16.9. The van der Waals surface area contributed by atoms with E-state index in [9.17, 15) is 9.59 Å². The van der Waals surface area contributed by atoms with Gasteiger partial charge in [-0.2, -0.15) is 0 Å². The molecule has 0 bridgehead atoms. The summed E-state index contributed by atoms with van der Waals surface area (Å²) in [5, 5.41) is 17.6. The van der Waals surface area contributed by atoms with E-state index in [0.717, 1.165) is 0 Å². The lowest BCUT2D eigenvalue weighted by molar-refractivity contribution is -0.154. The largest absolute Gasteiger partial charge is 0.478 e. The molecule has 0 amide bonds. The Kier molecular flexibility index (Phi) is 2.88. The van der Waals surface area contributed by atoms with Gasteiger partial charge in [0, 0.05) is 6.07 Å². The van der Waals surface area contributed by atoms with Crippen LogP contribution in [0.5, 0.6) is 11.5 Å². The highest BCUT2D eigenvalue weighted by Crippen LogP contribution is 2.45. The third kappa shape index (κ3) is 1.91. The van der Waals surface area contributed by atoms with Crippen molar-refractivity contribution in [2.45, 2.75) is 6.29 Å². The fourth-order valence-corrected chi connectivity index (χ4v) is 2.38. The first-order chi connectivity index (χ1) is 7.91. The number of carbonyl (C=O) groups is 2. The Morgan fingerprint density at radius 1 is 1.35 bits per heavy atom. The molecular weight excluding hydrogens is 319 g/mol. The van der Waals surface area contributed by atoms with Crippen LogP contribution in [-0.4, -0.2) is 28.4 Å². The molecule has 8 heteroatoms. The second kappa shape index (κ2) is 4.08. The van der Waals surface area contributed by atoms with Gasteiger partial charge in [-0.3, -0.25) is 0 Å². The van der Waals surface area contributed by atoms with Crippen LogP contribution in [0.1, 0.15) is 10.4 Å². The molecule has 1 atom stereocenters. The van der Waals surface area contributed by atoms with Gasteiger partial charge in [0.15, 0.2) is 11.5 Å². The summed E-state index contributed by atoms with van der Waals surface area (Å²) < 4.78 is 9.94. The van der Waals surface area contributed by atoms with E-state index in [1.54, 1.807) is 0 Å². The van der Waals surface area contributed by atoms with Crippen molar-refractivity contribution in [3.8, 4) is 11.5 Å². The van der Waals surface area contributed by atoms with Crippen LogP contribution in [0.3, 0.4) is 0 Å². The lowest BCUT2D eigenvalue weighted by Crippen LogP contribution is -2.28. The fourth-order valence-electron chi connectivity index (χ4n) is 1.32. The maximum atomic E-state index is 10.9. The zero-order valence-corrected chi connectivity index (χ0v) is 10.3. The van der Waals surface area contributed by atoms with E-state index in [2.05, 4.69) is 15.9 Å². The number of hydrogen-bond donors (Lipinski definition) is 2. The molecule has 0 aromatic heterocycles.